The summed E-state index contributed by atoms with van der Waals surface area (Å²) >= 11 is 0. The lowest BCUT2D eigenvalue weighted by molar-refractivity contribution is -0.697. The van der Waals surface area contributed by atoms with Gasteiger partial charge in [0.25, 0.3) is 0 Å². The van der Waals surface area contributed by atoms with Gasteiger partial charge < -0.3 is 56.8 Å². The Kier molecular flexibility index (Phi) is 19.4. The molecule has 23 rings (SSSR count). The summed E-state index contributed by atoms with van der Waals surface area (Å²) in [6.07, 6.45) is 11.2. The van der Waals surface area contributed by atoms with E-state index in [1.165, 1.54) is 0 Å². The number of pyridine rings is 1. The van der Waals surface area contributed by atoms with Crippen LogP contribution in [-0.2, 0) is 45.1 Å². The molecule has 0 saturated heterocycles. The molecule has 6 aromatic carbocycles. The lowest BCUT2D eigenvalue weighted by atomic mass is 9.92. The first-order valence-corrected chi connectivity index (χ1v) is 26.7. The number of hydrogen-bond donors (Lipinski definition) is 0. The zero-order valence-electron chi connectivity index (χ0n) is 47.4. The van der Waals surface area contributed by atoms with Gasteiger partial charge >= 0.3 is 0 Å². The molecule has 13 heteroatoms. The maximum absolute atomic E-state index is 6.83. The van der Waals surface area contributed by atoms with E-state index in [0.717, 1.165) is 110 Å². The van der Waals surface area contributed by atoms with Crippen molar-refractivity contribution < 1.29 is 61.4 Å². The second-order valence-corrected chi connectivity index (χ2v) is 19.3. The molecular weight excluding hydrogens is 987 g/mol. The first-order valence-electron chi connectivity index (χ1n) is 26.7. The molecule has 0 saturated carbocycles. The Bertz CT molecular complexity index is 3150. The van der Waals surface area contributed by atoms with Gasteiger partial charge in [0.2, 0.25) is 0 Å². The Morgan fingerprint density at radius 3 is 0.769 bits per heavy atom. The molecule has 0 amide bonds. The Hall–Kier alpha value is -7.93. The van der Waals surface area contributed by atoms with Gasteiger partial charge in [0.15, 0.2) is 12.4 Å². The largest absolute Gasteiger partial charge is 0.496 e. The van der Waals surface area contributed by atoms with Crippen molar-refractivity contribution in [3.8, 4) is 69.0 Å². The van der Waals surface area contributed by atoms with E-state index in [-0.39, 0.29) is 0 Å². The quantitative estimate of drug-likeness (QED) is 0.0535. The highest BCUT2D eigenvalue weighted by Crippen LogP contribution is 2.43. The monoisotopic (exact) mass is 1060 g/mol. The second-order valence-electron chi connectivity index (χ2n) is 19.3. The minimum atomic E-state index is 0.465. The number of benzene rings is 6. The average Bonchev–Trinajstić information content (AvgIpc) is 3.51. The molecule has 0 fully saturated rings. The fraction of sp³-hybridized carbons (Fsp3) is 0.369. The SMILES string of the molecule is CCOc1cc2c(OCCCCCC[n+]3ccccc3)cc1Cc1cc(OC)c(cc1OC)Cc1cc(OC)c(cc1OC)Cc1cc(OC)c(cc1OC)Cc1cc(OC)c(cc1OC)Cc1cc(OC)c(cc1OC)C2. The minimum absolute atomic E-state index is 0.465. The van der Waals surface area contributed by atoms with E-state index in [2.05, 4.69) is 65.5 Å². The highest BCUT2D eigenvalue weighted by molar-refractivity contribution is 5.60. The summed E-state index contributed by atoms with van der Waals surface area (Å²) in [7, 11) is 16.9. The summed E-state index contributed by atoms with van der Waals surface area (Å²) < 4.78 is 76.9. The number of hydrogen-bond acceptors (Lipinski definition) is 12. The summed E-state index contributed by atoms with van der Waals surface area (Å²) in [6, 6.07) is 30.9. The molecule has 0 atom stereocenters. The van der Waals surface area contributed by atoms with Crippen LogP contribution in [0.4, 0.5) is 0 Å². The molecule has 0 N–H and O–H groups in total. The average molecular weight is 1060 g/mol. The fourth-order valence-corrected chi connectivity index (χ4v) is 10.6. The van der Waals surface area contributed by atoms with Crippen molar-refractivity contribution in [1.82, 2.24) is 0 Å². The molecular formula is C65H76NO12+. The van der Waals surface area contributed by atoms with Crippen molar-refractivity contribution in [2.75, 3.05) is 84.3 Å². The molecule has 12 bridgehead atoms. The number of methoxy groups -OCH3 is 10. The van der Waals surface area contributed by atoms with Gasteiger partial charge in [-0.3, -0.25) is 0 Å². The predicted molar refractivity (Wildman–Crippen MR) is 303 cm³/mol. The van der Waals surface area contributed by atoms with E-state index in [9.17, 15) is 0 Å². The fourth-order valence-electron chi connectivity index (χ4n) is 10.6. The first-order chi connectivity index (χ1) is 38.1. The summed E-state index contributed by atoms with van der Waals surface area (Å²) in [5.74, 6) is 8.58. The Labute approximate surface area is 460 Å². The van der Waals surface area contributed by atoms with Gasteiger partial charge in [-0.2, -0.15) is 0 Å². The molecule has 13 nitrogen and oxygen atoms in total. The predicted octanol–water partition coefficient (Wildman–Crippen LogP) is 12.0. The lowest BCUT2D eigenvalue weighted by Gasteiger charge is -2.21. The zero-order chi connectivity index (χ0) is 55.1. The zero-order valence-corrected chi connectivity index (χ0v) is 47.4. The van der Waals surface area contributed by atoms with Crippen molar-refractivity contribution in [3.05, 3.63) is 170 Å². The lowest BCUT2D eigenvalue weighted by Crippen LogP contribution is -2.32. The maximum Gasteiger partial charge on any atom is 0.168 e. The molecule has 412 valence electrons. The third-order valence-electron chi connectivity index (χ3n) is 14.6. The van der Waals surface area contributed by atoms with E-state index < -0.39 is 0 Å². The molecule has 0 spiro atoms. The number of aryl methyl sites for hydroxylation is 1. The third-order valence-corrected chi connectivity index (χ3v) is 14.6. The summed E-state index contributed by atoms with van der Waals surface area (Å²) in [5.41, 5.74) is 11.1. The van der Waals surface area contributed by atoms with Crippen LogP contribution < -0.4 is 61.4 Å². The normalized spacial score (nSPS) is 12.1. The summed E-state index contributed by atoms with van der Waals surface area (Å²) in [6.45, 7) is 4.00. The maximum atomic E-state index is 6.83. The van der Waals surface area contributed by atoms with E-state index in [1.807, 2.05) is 49.4 Å². The summed E-state index contributed by atoms with van der Waals surface area (Å²) in [5, 5.41) is 0. The van der Waals surface area contributed by atoms with Crippen molar-refractivity contribution >= 4 is 0 Å². The van der Waals surface area contributed by atoms with Crippen molar-refractivity contribution in [2.45, 2.75) is 77.7 Å². The Morgan fingerprint density at radius 2 is 0.513 bits per heavy atom. The number of aromatic nitrogens is 1. The number of nitrogens with zero attached hydrogens (tertiary/aromatic N) is 1. The van der Waals surface area contributed by atoms with Crippen LogP contribution in [0.25, 0.3) is 0 Å². The van der Waals surface area contributed by atoms with Crippen LogP contribution in [0.3, 0.4) is 0 Å². The van der Waals surface area contributed by atoms with Crippen molar-refractivity contribution in [3.63, 3.8) is 0 Å². The first kappa shape index (κ1) is 56.3. The van der Waals surface area contributed by atoms with Gasteiger partial charge in [-0.15, -0.1) is 0 Å². The van der Waals surface area contributed by atoms with Gasteiger partial charge in [-0.25, -0.2) is 4.57 Å². The van der Waals surface area contributed by atoms with Gasteiger partial charge in [-0.1, -0.05) is 6.07 Å². The van der Waals surface area contributed by atoms with Crippen LogP contribution in [0.5, 0.6) is 69.0 Å². The van der Waals surface area contributed by atoms with Gasteiger partial charge in [0, 0.05) is 124 Å². The molecule has 0 unspecified atom stereocenters. The molecule has 0 aliphatic heterocycles. The van der Waals surface area contributed by atoms with Gasteiger partial charge in [0.1, 0.15) is 75.5 Å². The van der Waals surface area contributed by atoms with Crippen LogP contribution in [0.2, 0.25) is 0 Å². The van der Waals surface area contributed by atoms with Crippen LogP contribution in [0, 0.1) is 0 Å². The molecule has 16 aliphatic rings. The number of ether oxygens (including phenoxy) is 12. The van der Waals surface area contributed by atoms with E-state index in [4.69, 9.17) is 56.8 Å². The van der Waals surface area contributed by atoms with E-state index in [0.29, 0.717) is 109 Å². The highest BCUT2D eigenvalue weighted by Gasteiger charge is 2.24. The van der Waals surface area contributed by atoms with E-state index >= 15 is 0 Å². The van der Waals surface area contributed by atoms with Crippen LogP contribution >= 0.6 is 0 Å². The number of unbranched alkanes of at least 4 members (excludes halogenated alkanes) is 3. The molecule has 1 heterocycles. The van der Waals surface area contributed by atoms with Gasteiger partial charge in [-0.05, 0) is 99.0 Å². The molecule has 1 aromatic heterocycles. The Balaban J connectivity index is 1.26. The molecule has 78 heavy (non-hydrogen) atoms. The highest BCUT2D eigenvalue weighted by atomic mass is 16.5. The standard InChI is InChI=1S/C65H76NO12/c1-12-77-64-40-53-29-51-39-61(74-9)49(37-63(51)76-11)27-47-35-57(70-5)45(33-59(47)72-7)25-43-31-54(67-2)42(30-55(43)68-3)24-44-32-58(71-6)46(34-56(44)69-4)26-48-36-62(75-10)50(38-60(48)73-8)28-52(64)41-65(53)78-23-19-14-13-16-20-66-21-17-15-18-22-66/h15,17-18,21-22,30-41H,12-14,16,19-20,23-29H2,1-11H3/q+1. The minimum Gasteiger partial charge on any atom is -0.496 e. The molecule has 16 aliphatic carbocycles. The topological polar surface area (TPSA) is 115 Å². The molecule has 0 radical (unpaired) electrons. The van der Waals surface area contributed by atoms with E-state index in [1.54, 1.807) is 71.1 Å². The molecule has 7 aromatic rings. The smallest absolute Gasteiger partial charge is 0.168 e. The Morgan fingerprint density at radius 1 is 0.282 bits per heavy atom. The van der Waals surface area contributed by atoms with Gasteiger partial charge in [0.05, 0.1) is 84.3 Å². The summed E-state index contributed by atoms with van der Waals surface area (Å²) in [4.78, 5) is 0. The number of rotatable bonds is 20. The van der Waals surface area contributed by atoms with Crippen molar-refractivity contribution in [1.29, 1.82) is 0 Å². The second kappa shape index (κ2) is 26.9. The van der Waals surface area contributed by atoms with Crippen LogP contribution in [-0.4, -0.2) is 84.3 Å². The third kappa shape index (κ3) is 13.1. The van der Waals surface area contributed by atoms with Crippen LogP contribution in [0.15, 0.2) is 103 Å². The van der Waals surface area contributed by atoms with Crippen molar-refractivity contribution in [2.24, 2.45) is 0 Å². The van der Waals surface area contributed by atoms with Crippen LogP contribution in [0.1, 0.15) is 99.4 Å².